The fourth-order valence-corrected chi connectivity index (χ4v) is 3.42. The van der Waals surface area contributed by atoms with Crippen molar-refractivity contribution in [1.82, 2.24) is 14.5 Å². The normalized spacial score (nSPS) is 10.8. The van der Waals surface area contributed by atoms with Crippen LogP contribution in [0.1, 0.15) is 5.56 Å². The number of fused-ring (bicyclic) bond motifs is 1. The summed E-state index contributed by atoms with van der Waals surface area (Å²) in [5.41, 5.74) is 4.67. The predicted molar refractivity (Wildman–Crippen MR) is 115 cm³/mol. The minimum Gasteiger partial charge on any atom is -0.493 e. The molecule has 0 aliphatic heterocycles. The molecular weight excluding hydrogens is 382 g/mol. The molecule has 0 unspecified atom stereocenters. The molecule has 0 atom stereocenters. The van der Waals surface area contributed by atoms with Gasteiger partial charge in [0.15, 0.2) is 23.0 Å². The maximum atomic E-state index is 5.42. The SMILES string of the molecule is COc1ccc(Cn2cnc3cnc(-c4ccc(OC)c(OC)c4)cc32)cc1OC. The first-order valence-corrected chi connectivity index (χ1v) is 9.41. The molecule has 30 heavy (non-hydrogen) atoms. The standard InChI is InChI=1S/C23H23N3O4/c1-27-20-7-5-15(9-22(20)29-3)13-26-14-25-18-12-24-17(11-19(18)26)16-6-8-21(28-2)23(10-16)30-4/h5-12,14H,13H2,1-4H3. The van der Waals surface area contributed by atoms with Crippen LogP contribution in [0.25, 0.3) is 22.3 Å². The van der Waals surface area contributed by atoms with E-state index >= 15 is 0 Å². The van der Waals surface area contributed by atoms with E-state index in [9.17, 15) is 0 Å². The van der Waals surface area contributed by atoms with Crippen LogP contribution in [-0.4, -0.2) is 43.0 Å². The van der Waals surface area contributed by atoms with Crippen LogP contribution in [0.5, 0.6) is 23.0 Å². The molecule has 0 N–H and O–H groups in total. The van der Waals surface area contributed by atoms with Crippen molar-refractivity contribution in [2.75, 3.05) is 28.4 Å². The number of hydrogen-bond donors (Lipinski definition) is 0. The molecule has 0 aliphatic rings. The molecule has 7 heteroatoms. The molecule has 4 rings (SSSR count). The number of pyridine rings is 1. The van der Waals surface area contributed by atoms with Gasteiger partial charge in [-0.3, -0.25) is 4.98 Å². The van der Waals surface area contributed by atoms with E-state index in [2.05, 4.69) is 14.5 Å². The predicted octanol–water partition coefficient (Wildman–Crippen LogP) is 4.18. The summed E-state index contributed by atoms with van der Waals surface area (Å²) in [6.07, 6.45) is 3.61. The van der Waals surface area contributed by atoms with Gasteiger partial charge in [-0.2, -0.15) is 0 Å². The highest BCUT2D eigenvalue weighted by Crippen LogP contribution is 2.33. The fraction of sp³-hybridized carbons (Fsp3) is 0.217. The van der Waals surface area contributed by atoms with Gasteiger partial charge < -0.3 is 23.5 Å². The lowest BCUT2D eigenvalue weighted by Gasteiger charge is -2.11. The van der Waals surface area contributed by atoms with Crippen LogP contribution in [0.4, 0.5) is 0 Å². The van der Waals surface area contributed by atoms with Crippen LogP contribution in [0.3, 0.4) is 0 Å². The second-order valence-electron chi connectivity index (χ2n) is 6.69. The van der Waals surface area contributed by atoms with Crippen molar-refractivity contribution in [2.45, 2.75) is 6.54 Å². The lowest BCUT2D eigenvalue weighted by atomic mass is 10.1. The zero-order chi connectivity index (χ0) is 21.1. The topological polar surface area (TPSA) is 67.6 Å². The molecule has 2 aromatic heterocycles. The van der Waals surface area contributed by atoms with Crippen molar-refractivity contribution < 1.29 is 18.9 Å². The summed E-state index contributed by atoms with van der Waals surface area (Å²) in [5, 5.41) is 0. The summed E-state index contributed by atoms with van der Waals surface area (Å²) >= 11 is 0. The highest BCUT2D eigenvalue weighted by atomic mass is 16.5. The van der Waals surface area contributed by atoms with E-state index in [1.54, 1.807) is 34.6 Å². The first-order valence-electron chi connectivity index (χ1n) is 9.41. The number of hydrogen-bond acceptors (Lipinski definition) is 6. The molecule has 0 bridgehead atoms. The average Bonchev–Trinajstić information content (AvgIpc) is 3.20. The quantitative estimate of drug-likeness (QED) is 0.459. The van der Waals surface area contributed by atoms with Crippen LogP contribution in [0.15, 0.2) is 55.0 Å². The minimum atomic E-state index is 0.645. The van der Waals surface area contributed by atoms with Gasteiger partial charge in [-0.25, -0.2) is 4.98 Å². The maximum Gasteiger partial charge on any atom is 0.161 e. The summed E-state index contributed by atoms with van der Waals surface area (Å²) in [6, 6.07) is 13.7. The van der Waals surface area contributed by atoms with E-state index in [-0.39, 0.29) is 0 Å². The Hall–Kier alpha value is -3.74. The van der Waals surface area contributed by atoms with Crippen molar-refractivity contribution in [2.24, 2.45) is 0 Å². The van der Waals surface area contributed by atoms with Gasteiger partial charge in [0, 0.05) is 12.1 Å². The van der Waals surface area contributed by atoms with Crippen LogP contribution in [0.2, 0.25) is 0 Å². The molecule has 2 aromatic carbocycles. The van der Waals surface area contributed by atoms with Crippen LogP contribution in [0, 0.1) is 0 Å². The third-order valence-corrected chi connectivity index (χ3v) is 4.99. The highest BCUT2D eigenvalue weighted by molar-refractivity contribution is 5.80. The zero-order valence-electron chi connectivity index (χ0n) is 17.4. The Kier molecular flexibility index (Phi) is 5.43. The average molecular weight is 405 g/mol. The van der Waals surface area contributed by atoms with E-state index in [0.29, 0.717) is 29.5 Å². The smallest absolute Gasteiger partial charge is 0.161 e. The second-order valence-corrected chi connectivity index (χ2v) is 6.69. The van der Waals surface area contributed by atoms with E-state index in [0.717, 1.165) is 27.9 Å². The van der Waals surface area contributed by atoms with Gasteiger partial charge in [-0.05, 0) is 42.0 Å². The van der Waals surface area contributed by atoms with Crippen LogP contribution < -0.4 is 18.9 Å². The Morgan fingerprint density at radius 3 is 2.10 bits per heavy atom. The Morgan fingerprint density at radius 2 is 1.40 bits per heavy atom. The maximum absolute atomic E-state index is 5.42. The summed E-state index contributed by atoms with van der Waals surface area (Å²) in [6.45, 7) is 0.645. The number of imidazole rings is 1. The van der Waals surface area contributed by atoms with Crippen LogP contribution in [-0.2, 0) is 6.54 Å². The number of methoxy groups -OCH3 is 4. The lowest BCUT2D eigenvalue weighted by Crippen LogP contribution is -2.00. The Balaban J connectivity index is 1.70. The van der Waals surface area contributed by atoms with E-state index in [1.165, 1.54) is 0 Å². The van der Waals surface area contributed by atoms with Gasteiger partial charge >= 0.3 is 0 Å². The summed E-state index contributed by atoms with van der Waals surface area (Å²) in [7, 11) is 6.50. The van der Waals surface area contributed by atoms with Crippen molar-refractivity contribution in [3.05, 3.63) is 60.6 Å². The first-order chi connectivity index (χ1) is 14.7. The van der Waals surface area contributed by atoms with Crippen molar-refractivity contribution in [1.29, 1.82) is 0 Å². The molecule has 0 saturated heterocycles. The Labute approximate surface area is 174 Å². The van der Waals surface area contributed by atoms with Gasteiger partial charge in [0.2, 0.25) is 0 Å². The molecule has 154 valence electrons. The minimum absolute atomic E-state index is 0.645. The molecule has 0 radical (unpaired) electrons. The number of nitrogens with zero attached hydrogens (tertiary/aromatic N) is 3. The fourth-order valence-electron chi connectivity index (χ4n) is 3.42. The molecule has 0 saturated carbocycles. The molecule has 4 aromatic rings. The van der Waals surface area contributed by atoms with Crippen molar-refractivity contribution in [3.8, 4) is 34.3 Å². The Morgan fingerprint density at radius 1 is 0.733 bits per heavy atom. The number of ether oxygens (including phenoxy) is 4. The van der Waals surface area contributed by atoms with Gasteiger partial charge in [0.25, 0.3) is 0 Å². The van der Waals surface area contributed by atoms with Gasteiger partial charge in [-0.15, -0.1) is 0 Å². The third kappa shape index (κ3) is 3.61. The van der Waals surface area contributed by atoms with Crippen LogP contribution >= 0.6 is 0 Å². The van der Waals surface area contributed by atoms with Gasteiger partial charge in [-0.1, -0.05) is 6.07 Å². The summed E-state index contributed by atoms with van der Waals surface area (Å²) in [4.78, 5) is 9.06. The molecule has 2 heterocycles. The summed E-state index contributed by atoms with van der Waals surface area (Å²) in [5.74, 6) is 2.75. The highest BCUT2D eigenvalue weighted by Gasteiger charge is 2.11. The molecule has 0 fully saturated rings. The lowest BCUT2D eigenvalue weighted by molar-refractivity contribution is 0.354. The van der Waals surface area contributed by atoms with E-state index in [1.807, 2.05) is 48.8 Å². The molecule has 7 nitrogen and oxygen atoms in total. The number of aromatic nitrogens is 3. The van der Waals surface area contributed by atoms with Crippen molar-refractivity contribution in [3.63, 3.8) is 0 Å². The van der Waals surface area contributed by atoms with E-state index in [4.69, 9.17) is 18.9 Å². The largest absolute Gasteiger partial charge is 0.493 e. The molecule has 0 aliphatic carbocycles. The number of rotatable bonds is 7. The second kappa shape index (κ2) is 8.32. The third-order valence-electron chi connectivity index (χ3n) is 4.99. The van der Waals surface area contributed by atoms with Crippen molar-refractivity contribution >= 4 is 11.0 Å². The Bertz CT molecular complexity index is 1190. The molecule has 0 amide bonds. The first kappa shape index (κ1) is 19.6. The number of benzene rings is 2. The summed E-state index contributed by atoms with van der Waals surface area (Å²) < 4.78 is 23.6. The molecule has 0 spiro atoms. The van der Waals surface area contributed by atoms with Gasteiger partial charge in [0.05, 0.1) is 52.2 Å². The molecular formula is C23H23N3O4. The zero-order valence-corrected chi connectivity index (χ0v) is 17.4. The monoisotopic (exact) mass is 405 g/mol. The van der Waals surface area contributed by atoms with Gasteiger partial charge in [0.1, 0.15) is 5.52 Å². The van der Waals surface area contributed by atoms with E-state index < -0.39 is 0 Å².